The van der Waals surface area contributed by atoms with Crippen LogP contribution in [0.1, 0.15) is 22.9 Å². The number of nitrogens with zero attached hydrogens (tertiary/aromatic N) is 1. The topological polar surface area (TPSA) is 50.9 Å². The molecular formula is C14H14FN3. The van der Waals surface area contributed by atoms with Gasteiger partial charge < -0.3 is 11.1 Å². The molecule has 1 aromatic carbocycles. The monoisotopic (exact) mass is 243 g/mol. The summed E-state index contributed by atoms with van der Waals surface area (Å²) in [5.74, 6) is 0. The van der Waals surface area contributed by atoms with Gasteiger partial charge in [-0.3, -0.25) is 4.98 Å². The molecule has 18 heavy (non-hydrogen) atoms. The molecule has 0 saturated carbocycles. The molecule has 4 heteroatoms. The second-order valence-electron chi connectivity index (χ2n) is 4.43. The molecule has 0 radical (unpaired) electrons. The van der Waals surface area contributed by atoms with E-state index in [9.17, 15) is 4.39 Å². The van der Waals surface area contributed by atoms with Crippen molar-refractivity contribution in [2.24, 2.45) is 0 Å². The van der Waals surface area contributed by atoms with Gasteiger partial charge in [-0.05, 0) is 18.1 Å². The van der Waals surface area contributed by atoms with Gasteiger partial charge in [0.1, 0.15) is 0 Å². The minimum atomic E-state index is -1.24. The van der Waals surface area contributed by atoms with Crippen molar-refractivity contribution >= 4 is 11.4 Å². The molecule has 1 aromatic heterocycles. The molecule has 1 atom stereocenters. The van der Waals surface area contributed by atoms with E-state index < -0.39 is 6.17 Å². The summed E-state index contributed by atoms with van der Waals surface area (Å²) in [5.41, 5.74) is 9.39. The number of rotatable bonds is 2. The molecule has 3 nitrogen and oxygen atoms in total. The van der Waals surface area contributed by atoms with Crippen LogP contribution < -0.4 is 11.1 Å². The van der Waals surface area contributed by atoms with E-state index in [1.165, 1.54) is 6.20 Å². The standard InChI is InChI=1S/C14H14FN3/c15-13(11-8-17-6-5-12(11)16)10-3-1-2-9-4-7-18-14(9)10/h1-3,5-6,8,13,18H,4,7H2,(H2,16,17). The van der Waals surface area contributed by atoms with Gasteiger partial charge in [0.25, 0.3) is 0 Å². The van der Waals surface area contributed by atoms with Crippen molar-refractivity contribution in [3.05, 3.63) is 53.3 Å². The molecule has 0 spiro atoms. The molecule has 0 saturated heterocycles. The van der Waals surface area contributed by atoms with E-state index in [1.54, 1.807) is 18.3 Å². The lowest BCUT2D eigenvalue weighted by Gasteiger charge is -2.14. The van der Waals surface area contributed by atoms with Crippen molar-refractivity contribution in [3.8, 4) is 0 Å². The van der Waals surface area contributed by atoms with E-state index in [-0.39, 0.29) is 0 Å². The first-order valence-electron chi connectivity index (χ1n) is 5.96. The summed E-state index contributed by atoms with van der Waals surface area (Å²) in [4.78, 5) is 3.95. The van der Waals surface area contributed by atoms with Gasteiger partial charge in [-0.1, -0.05) is 18.2 Å². The molecule has 92 valence electrons. The van der Waals surface area contributed by atoms with Crippen LogP contribution in [0.15, 0.2) is 36.7 Å². The summed E-state index contributed by atoms with van der Waals surface area (Å²) in [6.45, 7) is 0.863. The Morgan fingerprint density at radius 1 is 1.28 bits per heavy atom. The first-order chi connectivity index (χ1) is 8.77. The molecule has 1 aliphatic heterocycles. The number of nitrogens with one attached hydrogen (secondary N) is 1. The minimum absolute atomic E-state index is 0.430. The van der Waals surface area contributed by atoms with E-state index >= 15 is 0 Å². The fraction of sp³-hybridized carbons (Fsp3) is 0.214. The van der Waals surface area contributed by atoms with Crippen molar-refractivity contribution in [2.75, 3.05) is 17.6 Å². The van der Waals surface area contributed by atoms with Crippen LogP contribution in [0.25, 0.3) is 0 Å². The van der Waals surface area contributed by atoms with Crippen LogP contribution in [0.4, 0.5) is 15.8 Å². The Morgan fingerprint density at radius 3 is 3.00 bits per heavy atom. The normalized spacial score (nSPS) is 14.9. The van der Waals surface area contributed by atoms with Crippen LogP contribution >= 0.6 is 0 Å². The third kappa shape index (κ3) is 1.70. The molecule has 3 rings (SSSR count). The number of fused-ring (bicyclic) bond motifs is 1. The Morgan fingerprint density at radius 2 is 2.17 bits per heavy atom. The second-order valence-corrected chi connectivity index (χ2v) is 4.43. The van der Waals surface area contributed by atoms with Crippen LogP contribution in [0.3, 0.4) is 0 Å². The largest absolute Gasteiger partial charge is 0.398 e. The van der Waals surface area contributed by atoms with E-state index in [1.807, 2.05) is 12.1 Å². The summed E-state index contributed by atoms with van der Waals surface area (Å²) in [5, 5.41) is 3.24. The van der Waals surface area contributed by atoms with Gasteiger partial charge in [0.05, 0.1) is 0 Å². The number of benzene rings is 1. The predicted molar refractivity (Wildman–Crippen MR) is 70.2 cm³/mol. The van der Waals surface area contributed by atoms with Gasteiger partial charge in [0, 0.05) is 41.4 Å². The third-order valence-corrected chi connectivity index (χ3v) is 3.31. The van der Waals surface area contributed by atoms with Gasteiger partial charge in [-0.2, -0.15) is 0 Å². The maximum absolute atomic E-state index is 14.6. The van der Waals surface area contributed by atoms with Crippen molar-refractivity contribution in [3.63, 3.8) is 0 Å². The zero-order valence-corrected chi connectivity index (χ0v) is 9.86. The smallest absolute Gasteiger partial charge is 0.156 e. The quantitative estimate of drug-likeness (QED) is 0.852. The second kappa shape index (κ2) is 4.29. The Kier molecular flexibility index (Phi) is 2.63. The lowest BCUT2D eigenvalue weighted by molar-refractivity contribution is 0.403. The number of anilines is 2. The lowest BCUT2D eigenvalue weighted by Crippen LogP contribution is -2.03. The van der Waals surface area contributed by atoms with Crippen molar-refractivity contribution in [1.29, 1.82) is 0 Å². The number of para-hydroxylation sites is 1. The highest BCUT2D eigenvalue weighted by molar-refractivity contribution is 5.64. The van der Waals surface area contributed by atoms with E-state index in [0.717, 1.165) is 24.2 Å². The van der Waals surface area contributed by atoms with E-state index in [4.69, 9.17) is 5.73 Å². The predicted octanol–water partition coefficient (Wildman–Crippen LogP) is 2.69. The molecule has 1 aliphatic rings. The van der Waals surface area contributed by atoms with Crippen LogP contribution in [-0.2, 0) is 6.42 Å². The van der Waals surface area contributed by atoms with Crippen molar-refractivity contribution < 1.29 is 4.39 Å². The summed E-state index contributed by atoms with van der Waals surface area (Å²) in [6, 6.07) is 7.34. The van der Waals surface area contributed by atoms with Gasteiger partial charge >= 0.3 is 0 Å². The summed E-state index contributed by atoms with van der Waals surface area (Å²) >= 11 is 0. The SMILES string of the molecule is Nc1ccncc1C(F)c1cccc2c1NCC2. The molecule has 3 N–H and O–H groups in total. The lowest BCUT2D eigenvalue weighted by atomic mass is 9.99. The highest BCUT2D eigenvalue weighted by Gasteiger charge is 2.22. The summed E-state index contributed by atoms with van der Waals surface area (Å²) in [7, 11) is 0. The molecule has 1 unspecified atom stereocenters. The zero-order chi connectivity index (χ0) is 12.5. The van der Waals surface area contributed by atoms with Crippen molar-refractivity contribution in [1.82, 2.24) is 4.98 Å². The van der Waals surface area contributed by atoms with Gasteiger partial charge in [0.2, 0.25) is 0 Å². The highest BCUT2D eigenvalue weighted by atomic mass is 19.1. The van der Waals surface area contributed by atoms with E-state index in [0.29, 0.717) is 16.8 Å². The number of aromatic nitrogens is 1. The zero-order valence-electron chi connectivity index (χ0n) is 9.86. The first kappa shape index (κ1) is 11.0. The van der Waals surface area contributed by atoms with Gasteiger partial charge in [-0.15, -0.1) is 0 Å². The fourth-order valence-corrected chi connectivity index (χ4v) is 2.37. The average Bonchev–Trinajstić information content (AvgIpc) is 2.86. The number of hydrogen-bond donors (Lipinski definition) is 2. The number of pyridine rings is 1. The Bertz CT molecular complexity index is 583. The maximum Gasteiger partial charge on any atom is 0.156 e. The van der Waals surface area contributed by atoms with Gasteiger partial charge in [-0.25, -0.2) is 4.39 Å². The number of hydrogen-bond acceptors (Lipinski definition) is 3. The van der Waals surface area contributed by atoms with Crippen LogP contribution in [0, 0.1) is 0 Å². The van der Waals surface area contributed by atoms with Crippen LogP contribution in [0.5, 0.6) is 0 Å². The van der Waals surface area contributed by atoms with Crippen LogP contribution in [0.2, 0.25) is 0 Å². The minimum Gasteiger partial charge on any atom is -0.398 e. The molecule has 2 heterocycles. The highest BCUT2D eigenvalue weighted by Crippen LogP contribution is 2.37. The molecule has 0 fully saturated rings. The average molecular weight is 243 g/mol. The number of halogens is 1. The Labute approximate surface area is 105 Å². The summed E-state index contributed by atoms with van der Waals surface area (Å²) in [6.07, 6.45) is 2.77. The molecular weight excluding hydrogens is 229 g/mol. The number of nitrogen functional groups attached to an aromatic ring is 1. The number of nitrogens with two attached hydrogens (primary N) is 1. The molecule has 0 bridgehead atoms. The van der Waals surface area contributed by atoms with Gasteiger partial charge in [0.15, 0.2) is 6.17 Å². The fourth-order valence-electron chi connectivity index (χ4n) is 2.37. The number of alkyl halides is 1. The Hall–Kier alpha value is -2.10. The maximum atomic E-state index is 14.6. The Balaban J connectivity index is 2.06. The van der Waals surface area contributed by atoms with E-state index in [2.05, 4.69) is 10.3 Å². The molecule has 0 aliphatic carbocycles. The van der Waals surface area contributed by atoms with Crippen molar-refractivity contribution in [2.45, 2.75) is 12.6 Å². The molecule has 2 aromatic rings. The summed E-state index contributed by atoms with van der Waals surface area (Å²) < 4.78 is 14.6. The first-order valence-corrected chi connectivity index (χ1v) is 5.96. The third-order valence-electron chi connectivity index (χ3n) is 3.31. The molecule has 0 amide bonds. The van der Waals surface area contributed by atoms with Crippen LogP contribution in [-0.4, -0.2) is 11.5 Å².